The van der Waals surface area contributed by atoms with Crippen LogP contribution in [0.25, 0.3) is 0 Å². The topological polar surface area (TPSA) is 56.7 Å². The van der Waals surface area contributed by atoms with Gasteiger partial charge in [-0.2, -0.15) is 0 Å². The van der Waals surface area contributed by atoms with Crippen molar-refractivity contribution in [2.24, 2.45) is 4.99 Å². The van der Waals surface area contributed by atoms with Crippen LogP contribution in [-0.2, 0) is 17.9 Å². The second kappa shape index (κ2) is 9.25. The van der Waals surface area contributed by atoms with Crippen molar-refractivity contribution < 1.29 is 4.79 Å². The van der Waals surface area contributed by atoms with Crippen LogP contribution < -0.4 is 10.6 Å². The molecule has 0 radical (unpaired) electrons. The van der Waals surface area contributed by atoms with Crippen molar-refractivity contribution in [1.82, 2.24) is 15.5 Å². The molecule has 24 heavy (non-hydrogen) atoms. The summed E-state index contributed by atoms with van der Waals surface area (Å²) < 4.78 is 0. The van der Waals surface area contributed by atoms with Crippen molar-refractivity contribution in [2.45, 2.75) is 51.7 Å². The van der Waals surface area contributed by atoms with E-state index in [1.54, 1.807) is 0 Å². The van der Waals surface area contributed by atoms with Crippen LogP contribution in [-0.4, -0.2) is 35.9 Å². The van der Waals surface area contributed by atoms with Crippen molar-refractivity contribution in [3.8, 4) is 0 Å². The molecule has 0 spiro atoms. The Morgan fingerprint density at radius 3 is 2.54 bits per heavy atom. The minimum Gasteiger partial charge on any atom is -0.357 e. The molecular weight excluding hydrogens is 415 g/mol. The lowest BCUT2D eigenvalue weighted by Gasteiger charge is -2.15. The predicted octanol–water partition coefficient (Wildman–Crippen LogP) is 2.64. The fraction of sp³-hybridized carbons (Fsp3) is 0.556. The van der Waals surface area contributed by atoms with E-state index in [9.17, 15) is 4.79 Å². The Morgan fingerprint density at radius 1 is 1.25 bits per heavy atom. The molecule has 1 aliphatic carbocycles. The van der Waals surface area contributed by atoms with E-state index < -0.39 is 0 Å². The fourth-order valence-corrected chi connectivity index (χ4v) is 2.75. The first-order valence-corrected chi connectivity index (χ1v) is 8.65. The summed E-state index contributed by atoms with van der Waals surface area (Å²) >= 11 is 0. The number of halogens is 1. The summed E-state index contributed by atoms with van der Waals surface area (Å²) in [5.41, 5.74) is 2.38. The maximum atomic E-state index is 11.7. The van der Waals surface area contributed by atoms with Gasteiger partial charge in [-0.3, -0.25) is 4.79 Å². The first-order chi connectivity index (χ1) is 11.2. The van der Waals surface area contributed by atoms with Crippen LogP contribution in [0.2, 0.25) is 0 Å². The number of amides is 1. The van der Waals surface area contributed by atoms with Gasteiger partial charge in [-0.25, -0.2) is 4.99 Å². The minimum absolute atomic E-state index is 0. The highest BCUT2D eigenvalue weighted by molar-refractivity contribution is 14.0. The summed E-state index contributed by atoms with van der Waals surface area (Å²) in [6, 6.07) is 9.04. The van der Waals surface area contributed by atoms with Gasteiger partial charge < -0.3 is 15.5 Å². The highest BCUT2D eigenvalue weighted by Gasteiger charge is 2.22. The smallest absolute Gasteiger partial charge is 0.222 e. The van der Waals surface area contributed by atoms with Gasteiger partial charge in [-0.05, 0) is 37.3 Å². The number of nitrogens with zero attached hydrogens (tertiary/aromatic N) is 2. The highest BCUT2D eigenvalue weighted by Crippen LogP contribution is 2.18. The Kier molecular flexibility index (Phi) is 7.33. The van der Waals surface area contributed by atoms with Crippen molar-refractivity contribution in [2.75, 3.05) is 13.1 Å². The highest BCUT2D eigenvalue weighted by atomic mass is 127. The number of benzene rings is 1. The van der Waals surface area contributed by atoms with Crippen LogP contribution in [0.1, 0.15) is 43.7 Å². The van der Waals surface area contributed by atoms with Gasteiger partial charge in [-0.15, -0.1) is 24.0 Å². The molecule has 0 unspecified atom stereocenters. The molecule has 2 N–H and O–H groups in total. The van der Waals surface area contributed by atoms with E-state index in [1.165, 1.54) is 24.0 Å². The monoisotopic (exact) mass is 442 g/mol. The molecule has 0 bridgehead atoms. The van der Waals surface area contributed by atoms with Gasteiger partial charge in [0.15, 0.2) is 5.96 Å². The molecule has 1 heterocycles. The summed E-state index contributed by atoms with van der Waals surface area (Å²) in [5, 5.41) is 6.70. The molecule has 3 rings (SSSR count). The Bertz CT molecular complexity index is 569. The van der Waals surface area contributed by atoms with E-state index in [0.29, 0.717) is 19.0 Å². The number of rotatable bonds is 6. The third-order valence-electron chi connectivity index (χ3n) is 4.25. The van der Waals surface area contributed by atoms with E-state index in [0.717, 1.165) is 32.0 Å². The van der Waals surface area contributed by atoms with Gasteiger partial charge in [-0.1, -0.05) is 24.3 Å². The predicted molar refractivity (Wildman–Crippen MR) is 107 cm³/mol. The Hall–Kier alpha value is -1.31. The van der Waals surface area contributed by atoms with Crippen LogP contribution in [0.15, 0.2) is 29.3 Å². The maximum absolute atomic E-state index is 11.7. The number of likely N-dealkylation sites (tertiary alicyclic amines) is 1. The Balaban J connectivity index is 0.00000208. The number of guanidine groups is 1. The van der Waals surface area contributed by atoms with Crippen LogP contribution in [0.4, 0.5) is 0 Å². The number of carbonyl (C=O) groups is 1. The SMILES string of the molecule is CCNC(=NCc1ccc(CN2CCCC2=O)cc1)NC1CC1.I. The van der Waals surface area contributed by atoms with Crippen LogP contribution >= 0.6 is 24.0 Å². The number of aliphatic imine (C=N–C) groups is 1. The van der Waals surface area contributed by atoms with Crippen LogP contribution in [0.5, 0.6) is 0 Å². The minimum atomic E-state index is 0. The quantitative estimate of drug-likeness (QED) is 0.405. The summed E-state index contributed by atoms with van der Waals surface area (Å²) in [7, 11) is 0. The van der Waals surface area contributed by atoms with E-state index in [2.05, 4.69) is 46.8 Å². The molecule has 5 nitrogen and oxygen atoms in total. The zero-order valence-electron chi connectivity index (χ0n) is 14.3. The number of carbonyl (C=O) groups excluding carboxylic acids is 1. The molecule has 0 atom stereocenters. The normalized spacial score (nSPS) is 17.6. The molecule has 132 valence electrons. The molecule has 1 saturated heterocycles. The van der Waals surface area contributed by atoms with Gasteiger partial charge in [0.1, 0.15) is 0 Å². The van der Waals surface area contributed by atoms with E-state index in [4.69, 9.17) is 0 Å². The summed E-state index contributed by atoms with van der Waals surface area (Å²) in [4.78, 5) is 18.3. The molecular formula is C18H27IN4O. The Morgan fingerprint density at radius 2 is 1.96 bits per heavy atom. The lowest BCUT2D eigenvalue weighted by Crippen LogP contribution is -2.38. The van der Waals surface area contributed by atoms with E-state index in [-0.39, 0.29) is 29.9 Å². The van der Waals surface area contributed by atoms with Gasteiger partial charge >= 0.3 is 0 Å². The van der Waals surface area contributed by atoms with Gasteiger partial charge in [0.2, 0.25) is 5.91 Å². The number of hydrogen-bond donors (Lipinski definition) is 2. The fourth-order valence-electron chi connectivity index (χ4n) is 2.75. The van der Waals surface area contributed by atoms with Gasteiger partial charge in [0.25, 0.3) is 0 Å². The molecule has 1 aliphatic heterocycles. The van der Waals surface area contributed by atoms with Crippen molar-refractivity contribution in [3.05, 3.63) is 35.4 Å². The van der Waals surface area contributed by atoms with Crippen molar-refractivity contribution in [1.29, 1.82) is 0 Å². The summed E-state index contributed by atoms with van der Waals surface area (Å²) in [6.07, 6.45) is 4.18. The first kappa shape index (κ1) is 19.0. The first-order valence-electron chi connectivity index (χ1n) is 8.65. The van der Waals surface area contributed by atoms with E-state index in [1.807, 2.05) is 4.90 Å². The Labute approximate surface area is 161 Å². The third-order valence-corrected chi connectivity index (χ3v) is 4.25. The third kappa shape index (κ3) is 5.65. The van der Waals surface area contributed by atoms with Crippen LogP contribution in [0, 0.1) is 0 Å². The average Bonchev–Trinajstić information content (AvgIpc) is 3.28. The lowest BCUT2D eigenvalue weighted by atomic mass is 10.1. The average molecular weight is 442 g/mol. The second-order valence-corrected chi connectivity index (χ2v) is 6.35. The van der Waals surface area contributed by atoms with Crippen LogP contribution in [0.3, 0.4) is 0 Å². The number of nitrogens with one attached hydrogen (secondary N) is 2. The molecule has 6 heteroatoms. The molecule has 0 aromatic heterocycles. The zero-order valence-corrected chi connectivity index (χ0v) is 16.6. The van der Waals surface area contributed by atoms with E-state index >= 15 is 0 Å². The van der Waals surface area contributed by atoms with Crippen molar-refractivity contribution >= 4 is 35.8 Å². The summed E-state index contributed by atoms with van der Waals surface area (Å²) in [5.74, 6) is 1.18. The van der Waals surface area contributed by atoms with Crippen molar-refractivity contribution in [3.63, 3.8) is 0 Å². The number of hydrogen-bond acceptors (Lipinski definition) is 2. The molecule has 1 saturated carbocycles. The summed E-state index contributed by atoms with van der Waals surface area (Å²) in [6.45, 7) is 5.25. The zero-order chi connectivity index (χ0) is 16.1. The largest absolute Gasteiger partial charge is 0.357 e. The molecule has 1 aromatic rings. The molecule has 1 aromatic carbocycles. The van der Waals surface area contributed by atoms with Gasteiger partial charge in [0.05, 0.1) is 6.54 Å². The molecule has 2 fully saturated rings. The lowest BCUT2D eigenvalue weighted by molar-refractivity contribution is -0.128. The van der Waals surface area contributed by atoms with Gasteiger partial charge in [0, 0.05) is 32.1 Å². The standard InChI is InChI=1S/C18H26N4O.HI/c1-2-19-18(21-16-9-10-16)20-12-14-5-7-15(8-6-14)13-22-11-3-4-17(22)23;/h5-8,16H,2-4,9-13H2,1H3,(H2,19,20,21);1H. The maximum Gasteiger partial charge on any atom is 0.222 e. The molecule has 1 amide bonds. The second-order valence-electron chi connectivity index (χ2n) is 6.35. The molecule has 2 aliphatic rings.